The van der Waals surface area contributed by atoms with Crippen LogP contribution in [0.4, 0.5) is 0 Å². The molecule has 3 aromatic rings. The second-order valence-electron chi connectivity index (χ2n) is 6.65. The summed E-state index contributed by atoms with van der Waals surface area (Å²) in [6.07, 6.45) is 5.24. The maximum Gasteiger partial charge on any atom is 0.338 e. The van der Waals surface area contributed by atoms with E-state index in [2.05, 4.69) is 0 Å². The van der Waals surface area contributed by atoms with Crippen LogP contribution in [0.5, 0.6) is 0 Å². The van der Waals surface area contributed by atoms with Crippen molar-refractivity contribution in [2.45, 2.75) is 33.6 Å². The molecule has 0 aliphatic heterocycles. The Morgan fingerprint density at radius 3 is 2.61 bits per heavy atom. The standard InChI is InChI=1S/C24H24O4/c1-4-8-19-21(13-11-17-10-7-6-9-16(17)3)28-22-14-12-18(24(26)27-5-2)15-20(22)23(19)25/h6-7,9-15H,4-5,8H2,1-3H3. The molecule has 0 radical (unpaired) electrons. The van der Waals surface area contributed by atoms with E-state index in [-0.39, 0.29) is 12.0 Å². The van der Waals surface area contributed by atoms with Gasteiger partial charge in [-0.25, -0.2) is 4.79 Å². The summed E-state index contributed by atoms with van der Waals surface area (Å²) in [6, 6.07) is 12.9. The number of hydrogen-bond donors (Lipinski definition) is 0. The Labute approximate surface area is 164 Å². The Bertz CT molecular complexity index is 1090. The Balaban J connectivity index is 2.11. The van der Waals surface area contributed by atoms with Crippen molar-refractivity contribution in [1.29, 1.82) is 0 Å². The summed E-state index contributed by atoms with van der Waals surface area (Å²) in [7, 11) is 0. The Morgan fingerprint density at radius 1 is 1.11 bits per heavy atom. The van der Waals surface area contributed by atoms with Gasteiger partial charge in [-0.3, -0.25) is 4.79 Å². The first-order valence-electron chi connectivity index (χ1n) is 9.55. The Morgan fingerprint density at radius 2 is 1.89 bits per heavy atom. The maximum absolute atomic E-state index is 13.1. The molecule has 4 heteroatoms. The number of rotatable bonds is 6. The van der Waals surface area contributed by atoms with Gasteiger partial charge >= 0.3 is 5.97 Å². The molecule has 1 heterocycles. The molecule has 0 amide bonds. The zero-order valence-electron chi connectivity index (χ0n) is 16.5. The van der Waals surface area contributed by atoms with Crippen LogP contribution in [-0.4, -0.2) is 12.6 Å². The molecule has 0 saturated heterocycles. The van der Waals surface area contributed by atoms with Crippen LogP contribution in [0, 0.1) is 6.92 Å². The molecule has 0 atom stereocenters. The highest BCUT2D eigenvalue weighted by atomic mass is 16.5. The van der Waals surface area contributed by atoms with Crippen molar-refractivity contribution < 1.29 is 13.9 Å². The van der Waals surface area contributed by atoms with E-state index in [1.54, 1.807) is 25.1 Å². The number of hydrogen-bond acceptors (Lipinski definition) is 4. The van der Waals surface area contributed by atoms with Crippen LogP contribution >= 0.6 is 0 Å². The molecule has 0 saturated carbocycles. The third-order valence-corrected chi connectivity index (χ3v) is 4.63. The average Bonchev–Trinajstić information content (AvgIpc) is 2.70. The summed E-state index contributed by atoms with van der Waals surface area (Å²) in [5.41, 5.74) is 3.57. The van der Waals surface area contributed by atoms with E-state index >= 15 is 0 Å². The predicted octanol–water partition coefficient (Wildman–Crippen LogP) is 5.40. The maximum atomic E-state index is 13.1. The molecule has 0 aliphatic rings. The lowest BCUT2D eigenvalue weighted by atomic mass is 10.0. The van der Waals surface area contributed by atoms with Gasteiger partial charge in [-0.05, 0) is 55.7 Å². The quantitative estimate of drug-likeness (QED) is 0.541. The van der Waals surface area contributed by atoms with Gasteiger partial charge in [0.25, 0.3) is 0 Å². The molecular weight excluding hydrogens is 352 g/mol. The van der Waals surface area contributed by atoms with E-state index in [0.717, 1.165) is 17.5 Å². The van der Waals surface area contributed by atoms with Crippen LogP contribution in [0.15, 0.2) is 51.7 Å². The molecule has 0 unspecified atom stereocenters. The topological polar surface area (TPSA) is 56.5 Å². The molecule has 3 rings (SSSR count). The fraction of sp³-hybridized carbons (Fsp3) is 0.250. The zero-order valence-corrected chi connectivity index (χ0v) is 16.5. The third-order valence-electron chi connectivity index (χ3n) is 4.63. The third kappa shape index (κ3) is 4.06. The molecule has 28 heavy (non-hydrogen) atoms. The van der Waals surface area contributed by atoms with Crippen molar-refractivity contribution in [3.8, 4) is 0 Å². The molecular formula is C24H24O4. The van der Waals surface area contributed by atoms with Gasteiger partial charge in [-0.15, -0.1) is 0 Å². The number of aryl methyl sites for hydroxylation is 1. The second kappa shape index (κ2) is 8.70. The van der Waals surface area contributed by atoms with Gasteiger partial charge in [0, 0.05) is 5.56 Å². The zero-order chi connectivity index (χ0) is 20.1. The van der Waals surface area contributed by atoms with Crippen LogP contribution in [-0.2, 0) is 11.2 Å². The van der Waals surface area contributed by atoms with Crippen molar-refractivity contribution in [3.05, 3.63) is 80.7 Å². The summed E-state index contributed by atoms with van der Waals surface area (Å²) in [6.45, 7) is 6.10. The molecule has 144 valence electrons. The molecule has 0 N–H and O–H groups in total. The minimum atomic E-state index is -0.440. The van der Waals surface area contributed by atoms with Crippen molar-refractivity contribution >= 4 is 29.1 Å². The Kier molecular flexibility index (Phi) is 6.09. The largest absolute Gasteiger partial charge is 0.462 e. The summed E-state index contributed by atoms with van der Waals surface area (Å²) in [4.78, 5) is 25.1. The van der Waals surface area contributed by atoms with Crippen LogP contribution < -0.4 is 5.43 Å². The van der Waals surface area contributed by atoms with Gasteiger partial charge in [-0.2, -0.15) is 0 Å². The fourth-order valence-electron chi connectivity index (χ4n) is 3.15. The van der Waals surface area contributed by atoms with Gasteiger partial charge in [0.15, 0.2) is 5.43 Å². The van der Waals surface area contributed by atoms with Crippen molar-refractivity contribution in [2.24, 2.45) is 0 Å². The van der Waals surface area contributed by atoms with Crippen molar-refractivity contribution in [2.75, 3.05) is 6.61 Å². The van der Waals surface area contributed by atoms with Gasteiger partial charge < -0.3 is 9.15 Å². The van der Waals surface area contributed by atoms with E-state index in [1.807, 2.05) is 50.3 Å². The predicted molar refractivity (Wildman–Crippen MR) is 113 cm³/mol. The molecule has 0 spiro atoms. The Hall–Kier alpha value is -3.14. The van der Waals surface area contributed by atoms with Crippen LogP contribution in [0.25, 0.3) is 23.1 Å². The number of ether oxygens (including phenoxy) is 1. The van der Waals surface area contributed by atoms with Crippen LogP contribution in [0.1, 0.15) is 53.1 Å². The summed E-state index contributed by atoms with van der Waals surface area (Å²) >= 11 is 0. The van der Waals surface area contributed by atoms with E-state index in [9.17, 15) is 9.59 Å². The fourth-order valence-corrected chi connectivity index (χ4v) is 3.15. The van der Waals surface area contributed by atoms with Gasteiger partial charge in [0.1, 0.15) is 11.3 Å². The minimum absolute atomic E-state index is 0.0984. The highest BCUT2D eigenvalue weighted by Crippen LogP contribution is 2.21. The first kappa shape index (κ1) is 19.6. The smallest absolute Gasteiger partial charge is 0.338 e. The monoisotopic (exact) mass is 376 g/mol. The van der Waals surface area contributed by atoms with E-state index < -0.39 is 5.97 Å². The number of esters is 1. The normalized spacial score (nSPS) is 11.2. The van der Waals surface area contributed by atoms with E-state index in [4.69, 9.17) is 9.15 Å². The molecule has 0 aliphatic carbocycles. The SMILES string of the molecule is CCCc1c(C=Cc2ccccc2C)oc2ccc(C(=O)OCC)cc2c1=O. The summed E-state index contributed by atoms with van der Waals surface area (Å²) in [5.74, 6) is 0.121. The molecule has 2 aromatic carbocycles. The molecule has 0 fully saturated rings. The number of fused-ring (bicyclic) bond motifs is 1. The van der Waals surface area contributed by atoms with Crippen LogP contribution in [0.3, 0.4) is 0 Å². The summed E-state index contributed by atoms with van der Waals surface area (Å²) in [5, 5.41) is 0.405. The second-order valence-corrected chi connectivity index (χ2v) is 6.65. The summed E-state index contributed by atoms with van der Waals surface area (Å²) < 4.78 is 11.1. The number of carbonyl (C=O) groups excluding carboxylic acids is 1. The first-order valence-corrected chi connectivity index (χ1v) is 9.55. The number of benzene rings is 2. The first-order chi connectivity index (χ1) is 13.5. The minimum Gasteiger partial charge on any atom is -0.462 e. The molecule has 1 aromatic heterocycles. The lowest BCUT2D eigenvalue weighted by Crippen LogP contribution is -2.12. The molecule has 4 nitrogen and oxygen atoms in total. The van der Waals surface area contributed by atoms with Crippen molar-refractivity contribution in [3.63, 3.8) is 0 Å². The van der Waals surface area contributed by atoms with Crippen molar-refractivity contribution in [1.82, 2.24) is 0 Å². The van der Waals surface area contributed by atoms with E-state index in [0.29, 0.717) is 34.3 Å². The lowest BCUT2D eigenvalue weighted by molar-refractivity contribution is 0.0526. The highest BCUT2D eigenvalue weighted by molar-refractivity contribution is 5.94. The van der Waals surface area contributed by atoms with Gasteiger partial charge in [0.05, 0.1) is 17.6 Å². The average molecular weight is 376 g/mol. The highest BCUT2D eigenvalue weighted by Gasteiger charge is 2.15. The lowest BCUT2D eigenvalue weighted by Gasteiger charge is -2.08. The van der Waals surface area contributed by atoms with Gasteiger partial charge in [-0.1, -0.05) is 43.7 Å². The van der Waals surface area contributed by atoms with E-state index in [1.165, 1.54) is 0 Å². The van der Waals surface area contributed by atoms with Gasteiger partial charge in [0.2, 0.25) is 0 Å². The molecule has 0 bridgehead atoms. The number of carbonyl (C=O) groups is 1. The van der Waals surface area contributed by atoms with Crippen LogP contribution in [0.2, 0.25) is 0 Å².